The third-order valence-electron chi connectivity index (χ3n) is 1.49. The molecule has 4 atom stereocenters. The normalized spacial score (nSPS) is 13.1. The summed E-state index contributed by atoms with van der Waals surface area (Å²) in [6.45, 7) is 5.43. The topological polar surface area (TPSA) is 265 Å². The molecular formula is C12H24N4O8Ti. The molecule has 0 aliphatic carbocycles. The van der Waals surface area contributed by atoms with Crippen LogP contribution >= 0.6 is 0 Å². The molecule has 144 valence electrons. The van der Waals surface area contributed by atoms with Crippen LogP contribution in [0, 0.1) is 0 Å². The minimum Gasteiger partial charge on any atom is -0.548 e. The molecule has 8 N–H and O–H groups in total. The second kappa shape index (κ2) is 20.5. The van der Waals surface area contributed by atoms with E-state index in [4.69, 9.17) is 22.9 Å². The van der Waals surface area contributed by atoms with E-state index in [0.717, 1.165) is 0 Å². The van der Waals surface area contributed by atoms with Crippen LogP contribution in [0.15, 0.2) is 0 Å². The molecule has 12 nitrogen and oxygen atoms in total. The van der Waals surface area contributed by atoms with Crippen LogP contribution in [-0.4, -0.2) is 48.0 Å². The number of nitrogens with two attached hydrogens (primary N) is 4. The number of hydrogen-bond donors (Lipinski definition) is 4. The van der Waals surface area contributed by atoms with Crippen LogP contribution in [0.25, 0.3) is 0 Å². The van der Waals surface area contributed by atoms with Crippen molar-refractivity contribution in [1.82, 2.24) is 0 Å². The Bertz CT molecular complexity index is 317. The molecule has 25 heavy (non-hydrogen) atoms. The minimum atomic E-state index is -1.21. The van der Waals surface area contributed by atoms with Gasteiger partial charge in [0.1, 0.15) is 0 Å². The van der Waals surface area contributed by atoms with E-state index in [9.17, 15) is 39.6 Å². The summed E-state index contributed by atoms with van der Waals surface area (Å²) in [5.41, 5.74) is 19.1. The van der Waals surface area contributed by atoms with E-state index in [1.165, 1.54) is 27.7 Å². The molecular weight excluding hydrogens is 376 g/mol. The van der Waals surface area contributed by atoms with Crippen LogP contribution in [0.5, 0.6) is 0 Å². The van der Waals surface area contributed by atoms with Gasteiger partial charge in [-0.2, -0.15) is 0 Å². The first-order valence-corrected chi connectivity index (χ1v) is 6.43. The maximum atomic E-state index is 9.46. The van der Waals surface area contributed by atoms with Crippen LogP contribution in [0.2, 0.25) is 0 Å². The van der Waals surface area contributed by atoms with Gasteiger partial charge in [0.05, 0.1) is 23.9 Å². The average molecular weight is 400 g/mol. The van der Waals surface area contributed by atoms with Gasteiger partial charge in [0.25, 0.3) is 0 Å². The molecule has 0 unspecified atom stereocenters. The summed E-state index contributed by atoms with van der Waals surface area (Å²) < 4.78 is 0. The summed E-state index contributed by atoms with van der Waals surface area (Å²) >= 11 is 0. The summed E-state index contributed by atoms with van der Waals surface area (Å²) in [4.78, 5) is 37.9. The van der Waals surface area contributed by atoms with E-state index in [1.807, 2.05) is 0 Å². The molecule has 0 aromatic heterocycles. The molecule has 0 aliphatic heterocycles. The Balaban J connectivity index is -0.0000000702. The second-order valence-electron chi connectivity index (χ2n) is 4.43. The van der Waals surface area contributed by atoms with Crippen molar-refractivity contribution in [2.24, 2.45) is 22.9 Å². The molecule has 0 radical (unpaired) electrons. The maximum absolute atomic E-state index is 9.46. The van der Waals surface area contributed by atoms with Crippen molar-refractivity contribution in [3.8, 4) is 0 Å². The average Bonchev–Trinajstić information content (AvgIpc) is 2.40. The quantitative estimate of drug-likeness (QED) is 0.320. The van der Waals surface area contributed by atoms with Crippen molar-refractivity contribution in [1.29, 1.82) is 0 Å². The van der Waals surface area contributed by atoms with Crippen LogP contribution < -0.4 is 43.4 Å². The Hall–Kier alpha value is -1.57. The smallest absolute Gasteiger partial charge is 0.548 e. The van der Waals surface area contributed by atoms with Gasteiger partial charge in [-0.05, 0) is 27.7 Å². The van der Waals surface area contributed by atoms with Crippen LogP contribution in [0.1, 0.15) is 27.7 Å². The van der Waals surface area contributed by atoms with E-state index < -0.39 is 48.0 Å². The van der Waals surface area contributed by atoms with Gasteiger partial charge in [0.15, 0.2) is 0 Å². The largest absolute Gasteiger partial charge is 4.00 e. The molecule has 0 aromatic carbocycles. The molecule has 0 spiro atoms. The number of carbonyl (C=O) groups excluding carboxylic acids is 4. The molecule has 0 rings (SSSR count). The third kappa shape index (κ3) is 45.0. The molecule has 0 aromatic rings. The van der Waals surface area contributed by atoms with Crippen molar-refractivity contribution in [2.75, 3.05) is 0 Å². The zero-order valence-corrected chi connectivity index (χ0v) is 15.9. The fourth-order valence-corrected chi connectivity index (χ4v) is 0. The van der Waals surface area contributed by atoms with Crippen LogP contribution in [0.4, 0.5) is 0 Å². The SMILES string of the molecule is C[C@H](N)C(=O)[O-].C[C@H](N)C(=O)[O-].C[C@H](N)C(=O)[O-].C[C@H](N)C(=O)[O-].[Ti+4]. The van der Waals surface area contributed by atoms with Gasteiger partial charge >= 0.3 is 21.7 Å². The molecule has 13 heteroatoms. The van der Waals surface area contributed by atoms with E-state index in [2.05, 4.69) is 0 Å². The first-order valence-electron chi connectivity index (χ1n) is 6.43. The predicted octanol–water partition coefficient (Wildman–Crippen LogP) is -7.67. The summed E-state index contributed by atoms with van der Waals surface area (Å²) in [6.07, 6.45) is 0. The Morgan fingerprint density at radius 3 is 0.560 bits per heavy atom. The summed E-state index contributed by atoms with van der Waals surface area (Å²) in [5, 5.41) is 37.9. The fraction of sp³-hybridized carbons (Fsp3) is 0.667. The van der Waals surface area contributed by atoms with Gasteiger partial charge in [-0.15, -0.1) is 0 Å². The number of rotatable bonds is 4. The number of hydrogen-bond acceptors (Lipinski definition) is 12. The molecule has 0 saturated carbocycles. The summed E-state index contributed by atoms with van der Waals surface area (Å²) in [5.74, 6) is -4.85. The molecule has 0 amide bonds. The monoisotopic (exact) mass is 400 g/mol. The second-order valence-corrected chi connectivity index (χ2v) is 4.43. The maximum Gasteiger partial charge on any atom is 4.00 e. The van der Waals surface area contributed by atoms with Crippen molar-refractivity contribution in [3.05, 3.63) is 0 Å². The summed E-state index contributed by atoms with van der Waals surface area (Å²) in [7, 11) is 0. The van der Waals surface area contributed by atoms with Gasteiger partial charge in [-0.3, -0.25) is 0 Å². The molecule has 0 bridgehead atoms. The van der Waals surface area contributed by atoms with E-state index >= 15 is 0 Å². The molecule has 0 fully saturated rings. The van der Waals surface area contributed by atoms with Crippen LogP contribution in [0.3, 0.4) is 0 Å². The first-order chi connectivity index (χ1) is 10.6. The third-order valence-corrected chi connectivity index (χ3v) is 1.49. The van der Waals surface area contributed by atoms with Gasteiger partial charge in [0, 0.05) is 24.2 Å². The van der Waals surface area contributed by atoms with E-state index in [1.54, 1.807) is 0 Å². The number of carbonyl (C=O) groups is 4. The zero-order chi connectivity index (χ0) is 20.6. The van der Waals surface area contributed by atoms with Crippen molar-refractivity contribution in [3.63, 3.8) is 0 Å². The Labute approximate surface area is 160 Å². The number of carboxylic acids is 4. The fourth-order valence-electron chi connectivity index (χ4n) is 0. The molecule has 0 heterocycles. The van der Waals surface area contributed by atoms with Gasteiger partial charge in [-0.25, -0.2) is 0 Å². The van der Waals surface area contributed by atoms with Crippen molar-refractivity contribution >= 4 is 23.9 Å². The van der Waals surface area contributed by atoms with Gasteiger partial charge in [-0.1, -0.05) is 0 Å². The van der Waals surface area contributed by atoms with E-state index in [-0.39, 0.29) is 21.7 Å². The Morgan fingerprint density at radius 2 is 0.560 bits per heavy atom. The van der Waals surface area contributed by atoms with Crippen LogP contribution in [-0.2, 0) is 40.9 Å². The number of aliphatic carboxylic acids is 4. The van der Waals surface area contributed by atoms with Gasteiger partial charge in [0.2, 0.25) is 0 Å². The molecule has 0 saturated heterocycles. The standard InChI is InChI=1S/4C3H7NO2.Ti/c4*1-2(4)3(5)6;/h4*2H,4H2,1H3,(H,5,6);/q;;;;+4/p-4/t4*2-;/m0000./s1. The van der Waals surface area contributed by atoms with Crippen molar-refractivity contribution < 1.29 is 61.3 Å². The molecule has 0 aliphatic rings. The first kappa shape index (κ1) is 34.7. The Kier molecular flexibility index (Phi) is 28.4. The zero-order valence-electron chi connectivity index (χ0n) is 14.4. The van der Waals surface area contributed by atoms with Gasteiger partial charge < -0.3 is 62.5 Å². The number of carboxylic acid groups (broad SMARTS) is 4. The minimum absolute atomic E-state index is 0. The summed E-state index contributed by atoms with van der Waals surface area (Å²) in [6, 6.07) is -3.37. The predicted molar refractivity (Wildman–Crippen MR) is 74.6 cm³/mol. The van der Waals surface area contributed by atoms with Crippen molar-refractivity contribution in [2.45, 2.75) is 51.9 Å². The van der Waals surface area contributed by atoms with E-state index in [0.29, 0.717) is 0 Å². The Morgan fingerprint density at radius 1 is 0.520 bits per heavy atom.